The van der Waals surface area contributed by atoms with E-state index in [1.807, 2.05) is 31.2 Å². The molecule has 0 radical (unpaired) electrons. The minimum Gasteiger partial charge on any atom is -0.489 e. The molecule has 0 unspecified atom stereocenters. The van der Waals surface area contributed by atoms with Crippen molar-refractivity contribution in [1.82, 2.24) is 0 Å². The van der Waals surface area contributed by atoms with E-state index in [0.29, 0.717) is 12.4 Å². The Balaban J connectivity index is 2.06. The van der Waals surface area contributed by atoms with Gasteiger partial charge in [0.2, 0.25) is 0 Å². The molecule has 0 spiro atoms. The zero-order valence-electron chi connectivity index (χ0n) is 11.1. The molecule has 0 amide bonds. The van der Waals surface area contributed by atoms with E-state index in [1.165, 1.54) is 13.0 Å². The van der Waals surface area contributed by atoms with E-state index >= 15 is 0 Å². The Morgan fingerprint density at radius 2 is 2.00 bits per heavy atom. The Morgan fingerprint density at radius 1 is 1.21 bits per heavy atom. The number of aryl methyl sites for hydroxylation is 1. The van der Waals surface area contributed by atoms with Crippen molar-refractivity contribution in [2.75, 3.05) is 0 Å². The lowest BCUT2D eigenvalue weighted by Crippen LogP contribution is -1.99. The molecule has 2 aromatic carbocycles. The summed E-state index contributed by atoms with van der Waals surface area (Å²) >= 11 is 0. The number of hydrogen-bond acceptors (Lipinski definition) is 2. The topological polar surface area (TPSA) is 29.5 Å². The summed E-state index contributed by atoms with van der Waals surface area (Å²) < 4.78 is 19.2. The lowest BCUT2D eigenvalue weighted by molar-refractivity contribution is 0.194. The first-order chi connectivity index (χ1) is 9.06. The van der Waals surface area contributed by atoms with E-state index in [1.54, 1.807) is 12.1 Å². The summed E-state index contributed by atoms with van der Waals surface area (Å²) in [6, 6.07) is 12.5. The van der Waals surface area contributed by atoms with Gasteiger partial charge in [-0.15, -0.1) is 0 Å². The molecule has 3 heteroatoms. The van der Waals surface area contributed by atoms with Crippen molar-refractivity contribution >= 4 is 0 Å². The molecule has 0 aromatic heterocycles. The Morgan fingerprint density at radius 3 is 2.63 bits per heavy atom. The Labute approximate surface area is 112 Å². The number of rotatable bonds is 4. The lowest BCUT2D eigenvalue weighted by atomic mass is 10.1. The largest absolute Gasteiger partial charge is 0.489 e. The molecule has 0 heterocycles. The third-order valence-corrected chi connectivity index (χ3v) is 2.91. The van der Waals surface area contributed by atoms with Crippen LogP contribution in [0.15, 0.2) is 42.5 Å². The van der Waals surface area contributed by atoms with Gasteiger partial charge >= 0.3 is 0 Å². The molecule has 1 atom stereocenters. The Kier molecular flexibility index (Phi) is 4.17. The van der Waals surface area contributed by atoms with Crippen LogP contribution < -0.4 is 4.74 Å². The maximum Gasteiger partial charge on any atom is 0.132 e. The van der Waals surface area contributed by atoms with E-state index in [4.69, 9.17) is 4.74 Å². The summed E-state index contributed by atoms with van der Waals surface area (Å²) in [5, 5.41) is 9.35. The normalized spacial score (nSPS) is 12.2. The molecule has 100 valence electrons. The summed E-state index contributed by atoms with van der Waals surface area (Å²) in [5.41, 5.74) is 2.49. The standard InChI is InChI=1S/C16H17FO2/c1-11-4-3-5-13(8-11)10-19-14-6-7-15(12(2)18)16(17)9-14/h3-9,12,18H,10H2,1-2H3/t12-/m0/s1. The molecule has 0 aliphatic rings. The first-order valence-corrected chi connectivity index (χ1v) is 6.22. The van der Waals surface area contributed by atoms with Crippen LogP contribution in [0.5, 0.6) is 5.75 Å². The molecule has 0 aliphatic carbocycles. The van der Waals surface area contributed by atoms with E-state index in [0.717, 1.165) is 11.1 Å². The van der Waals surface area contributed by atoms with Gasteiger partial charge in [-0.05, 0) is 31.5 Å². The van der Waals surface area contributed by atoms with Crippen LogP contribution in [0.3, 0.4) is 0 Å². The molecule has 2 aromatic rings. The fourth-order valence-corrected chi connectivity index (χ4v) is 1.91. The quantitative estimate of drug-likeness (QED) is 0.906. The third kappa shape index (κ3) is 3.55. The molecule has 0 saturated heterocycles. The molecule has 2 rings (SSSR count). The van der Waals surface area contributed by atoms with Gasteiger partial charge in [-0.25, -0.2) is 4.39 Å². The van der Waals surface area contributed by atoms with E-state index < -0.39 is 11.9 Å². The van der Waals surface area contributed by atoms with Crippen molar-refractivity contribution < 1.29 is 14.2 Å². The third-order valence-electron chi connectivity index (χ3n) is 2.91. The number of halogens is 1. The molecule has 0 saturated carbocycles. The van der Waals surface area contributed by atoms with Crippen LogP contribution in [0.1, 0.15) is 29.7 Å². The van der Waals surface area contributed by atoms with Crippen molar-refractivity contribution in [2.24, 2.45) is 0 Å². The SMILES string of the molecule is Cc1cccc(COc2ccc([C@H](C)O)c(F)c2)c1. The predicted octanol–water partition coefficient (Wildman–Crippen LogP) is 3.77. The molecule has 2 nitrogen and oxygen atoms in total. The van der Waals surface area contributed by atoms with E-state index in [2.05, 4.69) is 0 Å². The van der Waals surface area contributed by atoms with Crippen LogP contribution in [0.2, 0.25) is 0 Å². The minimum atomic E-state index is -0.814. The average Bonchev–Trinajstić information content (AvgIpc) is 2.36. The van der Waals surface area contributed by atoms with Crippen molar-refractivity contribution in [2.45, 2.75) is 26.6 Å². The van der Waals surface area contributed by atoms with Crippen LogP contribution in [0.4, 0.5) is 4.39 Å². The van der Waals surface area contributed by atoms with Crippen molar-refractivity contribution in [3.63, 3.8) is 0 Å². The van der Waals surface area contributed by atoms with Gasteiger partial charge in [-0.3, -0.25) is 0 Å². The second-order valence-corrected chi connectivity index (χ2v) is 4.64. The second kappa shape index (κ2) is 5.85. The van der Waals surface area contributed by atoms with Crippen LogP contribution in [0.25, 0.3) is 0 Å². The van der Waals surface area contributed by atoms with Crippen molar-refractivity contribution in [3.8, 4) is 5.75 Å². The molecule has 0 aliphatic heterocycles. The fraction of sp³-hybridized carbons (Fsp3) is 0.250. The van der Waals surface area contributed by atoms with E-state index in [9.17, 15) is 9.50 Å². The summed E-state index contributed by atoms with van der Waals surface area (Å²) in [6.45, 7) is 3.95. The van der Waals surface area contributed by atoms with Gasteiger partial charge in [0.1, 0.15) is 18.2 Å². The molecule has 19 heavy (non-hydrogen) atoms. The number of aliphatic hydroxyl groups excluding tert-OH is 1. The smallest absolute Gasteiger partial charge is 0.132 e. The number of benzene rings is 2. The van der Waals surface area contributed by atoms with Gasteiger partial charge in [-0.1, -0.05) is 29.8 Å². The summed E-state index contributed by atoms with van der Waals surface area (Å²) in [4.78, 5) is 0. The van der Waals surface area contributed by atoms with Gasteiger partial charge in [0, 0.05) is 11.6 Å². The van der Waals surface area contributed by atoms with Crippen LogP contribution in [-0.2, 0) is 6.61 Å². The zero-order chi connectivity index (χ0) is 13.8. The highest BCUT2D eigenvalue weighted by Gasteiger charge is 2.09. The Bertz CT molecular complexity index is 564. The average molecular weight is 260 g/mol. The summed E-state index contributed by atoms with van der Waals surface area (Å²) in [7, 11) is 0. The molecular formula is C16H17FO2. The van der Waals surface area contributed by atoms with Gasteiger partial charge in [0.05, 0.1) is 6.10 Å². The van der Waals surface area contributed by atoms with Crippen LogP contribution in [0, 0.1) is 12.7 Å². The first-order valence-electron chi connectivity index (χ1n) is 6.22. The highest BCUT2D eigenvalue weighted by Crippen LogP contribution is 2.22. The molecule has 1 N–H and O–H groups in total. The lowest BCUT2D eigenvalue weighted by Gasteiger charge is -2.10. The summed E-state index contributed by atoms with van der Waals surface area (Å²) in [5.74, 6) is 0.0140. The van der Waals surface area contributed by atoms with Gasteiger partial charge in [-0.2, -0.15) is 0 Å². The second-order valence-electron chi connectivity index (χ2n) is 4.64. The molecule has 0 bridgehead atoms. The van der Waals surface area contributed by atoms with Crippen molar-refractivity contribution in [1.29, 1.82) is 0 Å². The van der Waals surface area contributed by atoms with Crippen molar-refractivity contribution in [3.05, 3.63) is 65.0 Å². The summed E-state index contributed by atoms with van der Waals surface area (Å²) in [6.07, 6.45) is -0.814. The predicted molar refractivity (Wildman–Crippen MR) is 72.5 cm³/mol. The zero-order valence-corrected chi connectivity index (χ0v) is 11.1. The number of ether oxygens (including phenoxy) is 1. The van der Waals surface area contributed by atoms with Crippen LogP contribution >= 0.6 is 0 Å². The first kappa shape index (κ1) is 13.6. The molecule has 0 fully saturated rings. The number of hydrogen-bond donors (Lipinski definition) is 1. The minimum absolute atomic E-state index is 0.280. The Hall–Kier alpha value is -1.87. The van der Waals surface area contributed by atoms with Gasteiger partial charge in [0.25, 0.3) is 0 Å². The maximum absolute atomic E-state index is 13.7. The number of aliphatic hydroxyl groups is 1. The van der Waals surface area contributed by atoms with Gasteiger partial charge < -0.3 is 9.84 Å². The highest BCUT2D eigenvalue weighted by atomic mass is 19.1. The van der Waals surface area contributed by atoms with Gasteiger partial charge in [0.15, 0.2) is 0 Å². The fourth-order valence-electron chi connectivity index (χ4n) is 1.91. The highest BCUT2D eigenvalue weighted by molar-refractivity contribution is 5.30. The monoisotopic (exact) mass is 260 g/mol. The maximum atomic E-state index is 13.7. The molecular weight excluding hydrogens is 243 g/mol. The van der Waals surface area contributed by atoms with E-state index in [-0.39, 0.29) is 5.56 Å². The van der Waals surface area contributed by atoms with Crippen LogP contribution in [-0.4, -0.2) is 5.11 Å².